The summed E-state index contributed by atoms with van der Waals surface area (Å²) >= 11 is 3.07. The van der Waals surface area contributed by atoms with Crippen molar-refractivity contribution in [2.45, 2.75) is 11.5 Å². The quantitative estimate of drug-likeness (QED) is 0.743. The summed E-state index contributed by atoms with van der Waals surface area (Å²) in [5.41, 5.74) is 0.614. The third-order valence-corrected chi connectivity index (χ3v) is 1.76. The van der Waals surface area contributed by atoms with Gasteiger partial charge in [-0.3, -0.25) is 0 Å². The van der Waals surface area contributed by atoms with Crippen LogP contribution in [0.15, 0.2) is 12.4 Å². The molecule has 7 heteroatoms. The van der Waals surface area contributed by atoms with Gasteiger partial charge >= 0.3 is 6.18 Å². The third kappa shape index (κ3) is 3.60. The van der Waals surface area contributed by atoms with Crippen molar-refractivity contribution < 1.29 is 13.2 Å². The highest BCUT2D eigenvalue weighted by Crippen LogP contribution is 2.25. The predicted molar refractivity (Wildman–Crippen MR) is 50.0 cm³/mol. The molecule has 0 atom stereocenters. The largest absolute Gasteiger partial charge is 0.451 e. The molecule has 0 bridgehead atoms. The summed E-state index contributed by atoms with van der Waals surface area (Å²) in [5.74, 6) is -1.10. The molecule has 2 nitrogen and oxygen atoms in total. The molecule has 0 aliphatic heterocycles. The van der Waals surface area contributed by atoms with Crippen molar-refractivity contribution in [3.8, 4) is 0 Å². The minimum atomic E-state index is -4.45. The van der Waals surface area contributed by atoms with Gasteiger partial charge in [-0.2, -0.15) is 13.2 Å². The van der Waals surface area contributed by atoms with Crippen LogP contribution in [0, 0.1) is 0 Å². The molecule has 1 aromatic heterocycles. The van der Waals surface area contributed by atoms with E-state index in [0.717, 1.165) is 12.4 Å². The first-order valence-electron chi connectivity index (χ1n) is 2.98. The van der Waals surface area contributed by atoms with Crippen molar-refractivity contribution >= 4 is 32.9 Å². The molecule has 0 radical (unpaired) electrons. The Morgan fingerprint density at radius 3 is 2.00 bits per heavy atom. The van der Waals surface area contributed by atoms with E-state index in [9.17, 15) is 13.2 Å². The van der Waals surface area contributed by atoms with E-state index in [-0.39, 0.29) is 17.0 Å². The van der Waals surface area contributed by atoms with Crippen molar-refractivity contribution in [1.29, 1.82) is 0 Å². The fourth-order valence-corrected chi connectivity index (χ4v) is 0.860. The molecule has 0 aliphatic carbocycles. The van der Waals surface area contributed by atoms with Gasteiger partial charge in [0, 0.05) is 17.7 Å². The van der Waals surface area contributed by atoms with Gasteiger partial charge in [-0.15, -0.1) is 17.0 Å². The Balaban J connectivity index is 0.00000144. The SMILES string of the molecule is Br.FC(F)(F)c1ncc(CBr)cn1. The maximum absolute atomic E-state index is 11.9. The van der Waals surface area contributed by atoms with Gasteiger partial charge in [0.15, 0.2) is 0 Å². The highest BCUT2D eigenvalue weighted by Gasteiger charge is 2.34. The fourth-order valence-electron chi connectivity index (χ4n) is 0.570. The van der Waals surface area contributed by atoms with Crippen LogP contribution >= 0.6 is 32.9 Å². The average molecular weight is 322 g/mol. The van der Waals surface area contributed by atoms with Crippen LogP contribution in [0.1, 0.15) is 11.4 Å². The van der Waals surface area contributed by atoms with Crippen LogP contribution in [0.25, 0.3) is 0 Å². The Morgan fingerprint density at radius 1 is 1.23 bits per heavy atom. The van der Waals surface area contributed by atoms with Crippen molar-refractivity contribution in [3.63, 3.8) is 0 Å². The lowest BCUT2D eigenvalue weighted by Gasteiger charge is -2.03. The van der Waals surface area contributed by atoms with Gasteiger partial charge in [0.2, 0.25) is 5.82 Å². The number of nitrogens with zero attached hydrogens (tertiary/aromatic N) is 2. The van der Waals surface area contributed by atoms with Crippen molar-refractivity contribution in [1.82, 2.24) is 9.97 Å². The van der Waals surface area contributed by atoms with Crippen LogP contribution in [0.2, 0.25) is 0 Å². The van der Waals surface area contributed by atoms with E-state index in [4.69, 9.17) is 0 Å². The number of hydrogen-bond donors (Lipinski definition) is 0. The molecule has 13 heavy (non-hydrogen) atoms. The standard InChI is InChI=1S/C6H4BrF3N2.BrH/c7-1-4-2-11-5(12-3-4)6(8,9)10;/h2-3H,1H2;1H. The predicted octanol–water partition coefficient (Wildman–Crippen LogP) is 2.97. The van der Waals surface area contributed by atoms with Gasteiger partial charge in [0.05, 0.1) is 0 Å². The Morgan fingerprint density at radius 2 is 1.69 bits per heavy atom. The molecule has 0 N–H and O–H groups in total. The topological polar surface area (TPSA) is 25.8 Å². The number of halogens is 5. The molecule has 1 rings (SSSR count). The Labute approximate surface area is 91.5 Å². The summed E-state index contributed by atoms with van der Waals surface area (Å²) in [6, 6.07) is 0. The second-order valence-electron chi connectivity index (χ2n) is 2.05. The van der Waals surface area contributed by atoms with Crippen LogP contribution in [-0.4, -0.2) is 9.97 Å². The van der Waals surface area contributed by atoms with Gasteiger partial charge in [0.1, 0.15) is 0 Å². The minimum Gasteiger partial charge on any atom is -0.233 e. The summed E-state index contributed by atoms with van der Waals surface area (Å²) in [5, 5.41) is 0.450. The lowest BCUT2D eigenvalue weighted by atomic mass is 10.4. The normalized spacial score (nSPS) is 10.8. The Kier molecular flexibility index (Phi) is 4.83. The second-order valence-corrected chi connectivity index (χ2v) is 2.61. The summed E-state index contributed by atoms with van der Waals surface area (Å²) in [6.45, 7) is 0. The summed E-state index contributed by atoms with van der Waals surface area (Å²) < 4.78 is 35.7. The van der Waals surface area contributed by atoms with Crippen molar-refractivity contribution in [3.05, 3.63) is 23.8 Å². The van der Waals surface area contributed by atoms with Gasteiger partial charge in [-0.05, 0) is 5.56 Å². The number of alkyl halides is 4. The summed E-state index contributed by atoms with van der Waals surface area (Å²) in [6.07, 6.45) is -2.17. The molecule has 0 fully saturated rings. The lowest BCUT2D eigenvalue weighted by molar-refractivity contribution is -0.145. The van der Waals surface area contributed by atoms with Crippen LogP contribution in [0.4, 0.5) is 13.2 Å². The van der Waals surface area contributed by atoms with Gasteiger partial charge in [0.25, 0.3) is 0 Å². The Hall–Kier alpha value is -0.170. The zero-order chi connectivity index (χ0) is 9.19. The van der Waals surface area contributed by atoms with E-state index in [1.165, 1.54) is 0 Å². The van der Waals surface area contributed by atoms with Crippen molar-refractivity contribution in [2.24, 2.45) is 0 Å². The van der Waals surface area contributed by atoms with Gasteiger partial charge in [-0.1, -0.05) is 15.9 Å². The molecule has 1 heterocycles. The number of aromatic nitrogens is 2. The highest BCUT2D eigenvalue weighted by atomic mass is 79.9. The molecule has 0 spiro atoms. The van der Waals surface area contributed by atoms with E-state index in [1.54, 1.807) is 0 Å². The molecule has 74 valence electrons. The van der Waals surface area contributed by atoms with E-state index >= 15 is 0 Å². The maximum atomic E-state index is 11.9. The smallest absolute Gasteiger partial charge is 0.233 e. The molecule has 0 aliphatic rings. The third-order valence-electron chi connectivity index (χ3n) is 1.11. The minimum absolute atomic E-state index is 0. The van der Waals surface area contributed by atoms with Gasteiger partial charge < -0.3 is 0 Å². The van der Waals surface area contributed by atoms with Crippen LogP contribution in [-0.2, 0) is 11.5 Å². The summed E-state index contributed by atoms with van der Waals surface area (Å²) in [4.78, 5) is 6.31. The molecular formula is C6H5Br2F3N2. The first-order valence-corrected chi connectivity index (χ1v) is 4.10. The van der Waals surface area contributed by atoms with E-state index in [1.807, 2.05) is 0 Å². The van der Waals surface area contributed by atoms with Gasteiger partial charge in [-0.25, -0.2) is 9.97 Å². The van der Waals surface area contributed by atoms with Crippen molar-refractivity contribution in [2.75, 3.05) is 0 Å². The maximum Gasteiger partial charge on any atom is 0.451 e. The number of rotatable bonds is 1. The molecule has 0 saturated heterocycles. The monoisotopic (exact) mass is 320 g/mol. The zero-order valence-electron chi connectivity index (χ0n) is 6.18. The average Bonchev–Trinajstić information content (AvgIpc) is 2.03. The first kappa shape index (κ1) is 12.8. The van der Waals surface area contributed by atoms with Crippen LogP contribution in [0.3, 0.4) is 0 Å². The summed E-state index contributed by atoms with van der Waals surface area (Å²) in [7, 11) is 0. The molecule has 0 aromatic carbocycles. The molecule has 0 unspecified atom stereocenters. The molecule has 0 saturated carbocycles. The molecule has 0 amide bonds. The van der Waals surface area contributed by atoms with Crippen LogP contribution < -0.4 is 0 Å². The first-order chi connectivity index (χ1) is 5.54. The van der Waals surface area contributed by atoms with E-state index in [0.29, 0.717) is 10.9 Å². The number of hydrogen-bond acceptors (Lipinski definition) is 2. The second kappa shape index (κ2) is 4.90. The molecular weight excluding hydrogens is 317 g/mol. The fraction of sp³-hybridized carbons (Fsp3) is 0.333. The van der Waals surface area contributed by atoms with E-state index < -0.39 is 12.0 Å². The lowest BCUT2D eigenvalue weighted by Crippen LogP contribution is -2.10. The van der Waals surface area contributed by atoms with E-state index in [2.05, 4.69) is 25.9 Å². The molecule has 1 aromatic rings. The van der Waals surface area contributed by atoms with Crippen LogP contribution in [0.5, 0.6) is 0 Å². The highest BCUT2D eigenvalue weighted by molar-refractivity contribution is 9.08. The Bertz CT molecular complexity index is 260. The zero-order valence-corrected chi connectivity index (χ0v) is 9.48.